The molecular formula is C9H12O5. The van der Waals surface area contributed by atoms with Crippen LogP contribution in [0.25, 0.3) is 0 Å². The molecule has 0 atom stereocenters. The molecule has 0 saturated carbocycles. The van der Waals surface area contributed by atoms with E-state index in [1.807, 2.05) is 0 Å². The number of esters is 1. The third-order valence-corrected chi connectivity index (χ3v) is 1.19. The van der Waals surface area contributed by atoms with Crippen molar-refractivity contribution in [3.8, 4) is 0 Å². The van der Waals surface area contributed by atoms with Crippen LogP contribution >= 0.6 is 0 Å². The van der Waals surface area contributed by atoms with Gasteiger partial charge in [-0.2, -0.15) is 0 Å². The van der Waals surface area contributed by atoms with Gasteiger partial charge in [-0.3, -0.25) is 0 Å². The van der Waals surface area contributed by atoms with Gasteiger partial charge in [0.1, 0.15) is 5.76 Å². The highest BCUT2D eigenvalue weighted by Gasteiger charge is 2.05. The van der Waals surface area contributed by atoms with Gasteiger partial charge < -0.3 is 14.6 Å². The Morgan fingerprint density at radius 1 is 1.36 bits per heavy atom. The van der Waals surface area contributed by atoms with E-state index in [0.29, 0.717) is 0 Å². The molecule has 0 unspecified atom stereocenters. The second-order valence-electron chi connectivity index (χ2n) is 2.57. The second-order valence-corrected chi connectivity index (χ2v) is 2.57. The Bertz CT molecular complexity index is 266. The lowest BCUT2D eigenvalue weighted by Gasteiger charge is -2.05. The van der Waals surface area contributed by atoms with E-state index in [4.69, 9.17) is 5.11 Å². The van der Waals surface area contributed by atoms with Gasteiger partial charge in [0, 0.05) is 12.0 Å². The SMILES string of the molecule is C=C(CCOC(=O)C(=C)C)OC(=O)O. The molecule has 0 saturated heterocycles. The molecule has 0 aliphatic carbocycles. The van der Waals surface area contributed by atoms with E-state index in [2.05, 4.69) is 22.6 Å². The molecule has 0 spiro atoms. The molecule has 0 aliphatic heterocycles. The van der Waals surface area contributed by atoms with E-state index < -0.39 is 12.1 Å². The Labute approximate surface area is 81.6 Å². The molecule has 0 bridgehead atoms. The number of hydrogen-bond acceptors (Lipinski definition) is 4. The van der Waals surface area contributed by atoms with Crippen LogP contribution in [0.5, 0.6) is 0 Å². The van der Waals surface area contributed by atoms with E-state index in [9.17, 15) is 9.59 Å². The zero-order chi connectivity index (χ0) is 11.1. The van der Waals surface area contributed by atoms with Crippen molar-refractivity contribution in [3.05, 3.63) is 24.5 Å². The van der Waals surface area contributed by atoms with Crippen molar-refractivity contribution in [2.24, 2.45) is 0 Å². The molecule has 0 aliphatic rings. The van der Waals surface area contributed by atoms with Crippen molar-refractivity contribution in [1.82, 2.24) is 0 Å². The normalized spacial score (nSPS) is 8.93. The Morgan fingerprint density at radius 3 is 2.36 bits per heavy atom. The first-order chi connectivity index (χ1) is 6.43. The first kappa shape index (κ1) is 12.2. The first-order valence-electron chi connectivity index (χ1n) is 3.84. The van der Waals surface area contributed by atoms with E-state index in [1.165, 1.54) is 6.92 Å². The van der Waals surface area contributed by atoms with Crippen LogP contribution in [0.2, 0.25) is 0 Å². The summed E-state index contributed by atoms with van der Waals surface area (Å²) in [5, 5.41) is 8.18. The summed E-state index contributed by atoms with van der Waals surface area (Å²) in [5.74, 6) is -0.486. The van der Waals surface area contributed by atoms with Crippen molar-refractivity contribution < 1.29 is 24.2 Å². The van der Waals surface area contributed by atoms with Crippen molar-refractivity contribution in [1.29, 1.82) is 0 Å². The van der Waals surface area contributed by atoms with Crippen LogP contribution in [0.4, 0.5) is 4.79 Å². The van der Waals surface area contributed by atoms with Gasteiger partial charge in [0.05, 0.1) is 6.61 Å². The van der Waals surface area contributed by atoms with Crippen LogP contribution in [0.1, 0.15) is 13.3 Å². The van der Waals surface area contributed by atoms with Crippen molar-refractivity contribution >= 4 is 12.1 Å². The molecule has 0 aromatic rings. The van der Waals surface area contributed by atoms with Gasteiger partial charge >= 0.3 is 12.1 Å². The van der Waals surface area contributed by atoms with E-state index in [0.717, 1.165) is 0 Å². The van der Waals surface area contributed by atoms with Crippen LogP contribution in [0.3, 0.4) is 0 Å². The maximum absolute atomic E-state index is 10.8. The van der Waals surface area contributed by atoms with Gasteiger partial charge in [-0.25, -0.2) is 9.59 Å². The lowest BCUT2D eigenvalue weighted by molar-refractivity contribution is -0.138. The van der Waals surface area contributed by atoms with Crippen LogP contribution in [0.15, 0.2) is 24.5 Å². The molecule has 0 aromatic heterocycles. The minimum absolute atomic E-state index is 0.0256. The summed E-state index contributed by atoms with van der Waals surface area (Å²) >= 11 is 0. The summed E-state index contributed by atoms with van der Waals surface area (Å²) in [5.41, 5.74) is 0.287. The standard InChI is InChI=1S/C9H12O5/c1-6(2)8(10)13-5-4-7(3)14-9(11)12/h1,3-5H2,2H3,(H,11,12). The minimum atomic E-state index is -1.43. The maximum Gasteiger partial charge on any atom is 0.510 e. The molecule has 0 rings (SSSR count). The van der Waals surface area contributed by atoms with Crippen LogP contribution in [-0.2, 0) is 14.3 Å². The average Bonchev–Trinajstić information content (AvgIpc) is 2.02. The minimum Gasteiger partial charge on any atom is -0.462 e. The molecule has 14 heavy (non-hydrogen) atoms. The molecule has 0 fully saturated rings. The van der Waals surface area contributed by atoms with Crippen LogP contribution in [0, 0.1) is 0 Å². The quantitative estimate of drug-likeness (QED) is 0.415. The van der Waals surface area contributed by atoms with Crippen LogP contribution < -0.4 is 0 Å². The van der Waals surface area contributed by atoms with Gasteiger partial charge in [-0.1, -0.05) is 13.2 Å². The van der Waals surface area contributed by atoms with Crippen molar-refractivity contribution in [2.45, 2.75) is 13.3 Å². The fraction of sp³-hybridized carbons (Fsp3) is 0.333. The Kier molecular flexibility index (Phi) is 5.06. The van der Waals surface area contributed by atoms with E-state index >= 15 is 0 Å². The molecule has 5 heteroatoms. The third-order valence-electron chi connectivity index (χ3n) is 1.19. The number of carbonyl (C=O) groups is 2. The Hall–Kier alpha value is -1.78. The fourth-order valence-electron chi connectivity index (χ4n) is 0.555. The summed E-state index contributed by atoms with van der Waals surface area (Å²) in [4.78, 5) is 20.8. The second kappa shape index (κ2) is 5.80. The van der Waals surface area contributed by atoms with Gasteiger partial charge in [-0.05, 0) is 6.92 Å². The van der Waals surface area contributed by atoms with E-state index in [1.54, 1.807) is 0 Å². The summed E-state index contributed by atoms with van der Waals surface area (Å²) in [6.07, 6.45) is -1.29. The summed E-state index contributed by atoms with van der Waals surface area (Å²) in [6.45, 7) is 8.24. The fourth-order valence-corrected chi connectivity index (χ4v) is 0.555. The van der Waals surface area contributed by atoms with Gasteiger partial charge in [0.25, 0.3) is 0 Å². The third kappa shape index (κ3) is 5.82. The molecule has 0 amide bonds. The molecule has 0 aromatic carbocycles. The smallest absolute Gasteiger partial charge is 0.462 e. The Morgan fingerprint density at radius 2 is 1.93 bits per heavy atom. The molecule has 78 valence electrons. The zero-order valence-corrected chi connectivity index (χ0v) is 7.91. The van der Waals surface area contributed by atoms with Gasteiger partial charge in [0.2, 0.25) is 0 Å². The molecule has 0 radical (unpaired) electrons. The number of carboxylic acid groups (broad SMARTS) is 1. The zero-order valence-electron chi connectivity index (χ0n) is 7.91. The molecule has 1 N–H and O–H groups in total. The number of rotatable bonds is 5. The highest BCUT2D eigenvalue weighted by atomic mass is 16.7. The maximum atomic E-state index is 10.8. The predicted molar refractivity (Wildman–Crippen MR) is 48.6 cm³/mol. The largest absolute Gasteiger partial charge is 0.510 e. The lowest BCUT2D eigenvalue weighted by Crippen LogP contribution is -2.08. The molecule has 0 heterocycles. The summed E-state index contributed by atoms with van der Waals surface area (Å²) in [7, 11) is 0. The first-order valence-corrected chi connectivity index (χ1v) is 3.84. The highest BCUT2D eigenvalue weighted by Crippen LogP contribution is 2.02. The summed E-state index contributed by atoms with van der Waals surface area (Å²) in [6, 6.07) is 0. The number of carbonyl (C=O) groups excluding carboxylic acids is 1. The van der Waals surface area contributed by atoms with Gasteiger partial charge in [-0.15, -0.1) is 0 Å². The summed E-state index contributed by atoms with van der Waals surface area (Å²) < 4.78 is 8.88. The number of ether oxygens (including phenoxy) is 2. The van der Waals surface area contributed by atoms with E-state index in [-0.39, 0.29) is 24.4 Å². The lowest BCUT2D eigenvalue weighted by atomic mass is 10.3. The highest BCUT2D eigenvalue weighted by molar-refractivity contribution is 5.86. The topological polar surface area (TPSA) is 72.8 Å². The van der Waals surface area contributed by atoms with Crippen molar-refractivity contribution in [2.75, 3.05) is 6.61 Å². The van der Waals surface area contributed by atoms with Crippen molar-refractivity contribution in [3.63, 3.8) is 0 Å². The predicted octanol–water partition coefficient (Wildman–Crippen LogP) is 1.70. The molecule has 5 nitrogen and oxygen atoms in total. The average molecular weight is 200 g/mol. The van der Waals surface area contributed by atoms with Gasteiger partial charge in [0.15, 0.2) is 0 Å². The monoisotopic (exact) mass is 200 g/mol. The molecular weight excluding hydrogens is 188 g/mol. The van der Waals surface area contributed by atoms with Crippen LogP contribution in [-0.4, -0.2) is 23.8 Å². The Balaban J connectivity index is 3.64. The number of hydrogen-bond donors (Lipinski definition) is 1.